The average Bonchev–Trinajstić information content (AvgIpc) is 2.55. The Bertz CT molecular complexity index is 629. The Kier molecular flexibility index (Phi) is 4.10. The molecule has 1 aromatic rings. The van der Waals surface area contributed by atoms with E-state index < -0.39 is 35.0 Å². The summed E-state index contributed by atoms with van der Waals surface area (Å²) in [6.45, 7) is 0.627. The van der Waals surface area contributed by atoms with Gasteiger partial charge in [0.05, 0.1) is 17.8 Å². The monoisotopic (exact) mass is 329 g/mol. The number of ether oxygens (including phenoxy) is 1. The second-order valence-corrected chi connectivity index (χ2v) is 6.25. The molecular weight excluding hydrogens is 311 g/mol. The summed E-state index contributed by atoms with van der Waals surface area (Å²) in [5.74, 6) is -4.32. The van der Waals surface area contributed by atoms with Crippen molar-refractivity contribution in [2.75, 3.05) is 20.2 Å². The van der Waals surface area contributed by atoms with Gasteiger partial charge in [-0.05, 0) is 18.9 Å². The molecule has 0 unspecified atom stereocenters. The van der Waals surface area contributed by atoms with Crippen LogP contribution in [-0.4, -0.2) is 48.3 Å². The average molecular weight is 329 g/mol. The number of halogens is 3. The number of piperidine rings is 1. The second kappa shape index (κ2) is 5.79. The molecule has 1 aromatic carbocycles. The summed E-state index contributed by atoms with van der Waals surface area (Å²) in [6.07, 6.45) is 1.12. The zero-order valence-electron chi connectivity index (χ0n) is 12.7. The van der Waals surface area contributed by atoms with E-state index in [1.807, 2.05) is 0 Å². The molecule has 23 heavy (non-hydrogen) atoms. The van der Waals surface area contributed by atoms with Crippen LogP contribution in [0.25, 0.3) is 0 Å². The van der Waals surface area contributed by atoms with Gasteiger partial charge in [-0.1, -0.05) is 0 Å². The van der Waals surface area contributed by atoms with E-state index in [1.165, 1.54) is 4.90 Å². The Labute approximate surface area is 131 Å². The maximum absolute atomic E-state index is 13.7. The fraction of sp³-hybridized carbons (Fsp3) is 0.562. The van der Waals surface area contributed by atoms with E-state index in [2.05, 4.69) is 0 Å². The zero-order chi connectivity index (χ0) is 16.8. The van der Waals surface area contributed by atoms with Crippen LogP contribution in [0.5, 0.6) is 0 Å². The molecule has 2 fully saturated rings. The van der Waals surface area contributed by atoms with Crippen LogP contribution in [0, 0.1) is 22.9 Å². The van der Waals surface area contributed by atoms with Gasteiger partial charge in [0.2, 0.25) is 0 Å². The maximum Gasteiger partial charge on any atom is 0.256 e. The normalized spacial score (nSPS) is 26.2. The summed E-state index contributed by atoms with van der Waals surface area (Å²) < 4.78 is 45.3. The molecule has 1 saturated heterocycles. The Morgan fingerprint density at radius 3 is 2.39 bits per heavy atom. The summed E-state index contributed by atoms with van der Waals surface area (Å²) in [5.41, 5.74) is -0.838. The summed E-state index contributed by atoms with van der Waals surface area (Å²) >= 11 is 0. The molecule has 2 aliphatic rings. The lowest BCUT2D eigenvalue weighted by Crippen LogP contribution is -2.62. The van der Waals surface area contributed by atoms with E-state index in [4.69, 9.17) is 4.74 Å². The number of methoxy groups -OCH3 is 1. The van der Waals surface area contributed by atoms with Crippen LogP contribution in [0.2, 0.25) is 0 Å². The maximum atomic E-state index is 13.7. The highest BCUT2D eigenvalue weighted by Crippen LogP contribution is 2.50. The highest BCUT2D eigenvalue weighted by atomic mass is 19.2. The van der Waals surface area contributed by atoms with Crippen LogP contribution in [0.4, 0.5) is 13.2 Å². The van der Waals surface area contributed by atoms with Gasteiger partial charge < -0.3 is 14.7 Å². The van der Waals surface area contributed by atoms with E-state index >= 15 is 0 Å². The zero-order valence-corrected chi connectivity index (χ0v) is 12.7. The number of aliphatic hydroxyl groups excluding tert-OH is 1. The molecule has 0 bridgehead atoms. The predicted molar refractivity (Wildman–Crippen MR) is 75.3 cm³/mol. The Morgan fingerprint density at radius 2 is 1.83 bits per heavy atom. The molecule has 4 nitrogen and oxygen atoms in total. The van der Waals surface area contributed by atoms with Crippen molar-refractivity contribution in [1.82, 2.24) is 4.90 Å². The molecule has 1 spiro atoms. The van der Waals surface area contributed by atoms with E-state index in [-0.39, 0.29) is 11.5 Å². The van der Waals surface area contributed by atoms with Crippen molar-refractivity contribution in [2.45, 2.75) is 31.5 Å². The largest absolute Gasteiger partial charge is 0.392 e. The standard InChI is InChI=1S/C16H18F3NO3/c1-23-14-8-13(21)16(14)2-4-20(5-3-16)15(22)9-6-11(18)12(19)7-10(9)17/h6-7,13-14,21H,2-5,8H2,1H3/t13-,14+/m1/s1. The number of carbonyl (C=O) groups excluding carboxylic acids is 1. The number of amides is 1. The fourth-order valence-electron chi connectivity index (χ4n) is 3.70. The van der Waals surface area contributed by atoms with E-state index in [0.29, 0.717) is 44.5 Å². The van der Waals surface area contributed by atoms with Gasteiger partial charge in [-0.2, -0.15) is 0 Å². The Hall–Kier alpha value is -1.60. The summed E-state index contributed by atoms with van der Waals surface area (Å²) in [5, 5.41) is 10.0. The van der Waals surface area contributed by atoms with Gasteiger partial charge in [0.25, 0.3) is 5.91 Å². The third kappa shape index (κ3) is 2.52. The minimum absolute atomic E-state index is 0.0465. The topological polar surface area (TPSA) is 49.8 Å². The smallest absolute Gasteiger partial charge is 0.256 e. The van der Waals surface area contributed by atoms with Gasteiger partial charge in [0.1, 0.15) is 5.82 Å². The van der Waals surface area contributed by atoms with Crippen molar-refractivity contribution in [1.29, 1.82) is 0 Å². The number of benzene rings is 1. The molecular formula is C16H18F3NO3. The van der Waals surface area contributed by atoms with Crippen LogP contribution in [0.1, 0.15) is 29.6 Å². The van der Waals surface area contributed by atoms with Crippen LogP contribution in [-0.2, 0) is 4.74 Å². The number of carbonyl (C=O) groups is 1. The molecule has 7 heteroatoms. The predicted octanol–water partition coefficient (Wildman–Crippen LogP) is 2.11. The van der Waals surface area contributed by atoms with E-state index in [9.17, 15) is 23.1 Å². The van der Waals surface area contributed by atoms with Crippen molar-refractivity contribution < 1.29 is 27.8 Å². The minimum Gasteiger partial charge on any atom is -0.392 e. The Morgan fingerprint density at radius 1 is 1.22 bits per heavy atom. The number of likely N-dealkylation sites (tertiary alicyclic amines) is 1. The molecule has 1 heterocycles. The van der Waals surface area contributed by atoms with Crippen molar-refractivity contribution >= 4 is 5.91 Å². The van der Waals surface area contributed by atoms with Gasteiger partial charge >= 0.3 is 0 Å². The van der Waals surface area contributed by atoms with Gasteiger partial charge in [-0.25, -0.2) is 13.2 Å². The second-order valence-electron chi connectivity index (χ2n) is 6.25. The molecule has 1 aliphatic carbocycles. The van der Waals surface area contributed by atoms with Crippen molar-refractivity contribution in [3.8, 4) is 0 Å². The van der Waals surface area contributed by atoms with Gasteiger partial charge in [0.15, 0.2) is 11.6 Å². The summed E-state index contributed by atoms with van der Waals surface area (Å²) in [6, 6.07) is 0.970. The van der Waals surface area contributed by atoms with E-state index in [1.54, 1.807) is 7.11 Å². The van der Waals surface area contributed by atoms with Gasteiger partial charge in [-0.3, -0.25) is 4.79 Å². The van der Waals surface area contributed by atoms with E-state index in [0.717, 1.165) is 0 Å². The number of hydrogen-bond donors (Lipinski definition) is 1. The third-order valence-corrected chi connectivity index (χ3v) is 5.25. The molecule has 3 rings (SSSR count). The first-order valence-electron chi connectivity index (χ1n) is 7.53. The number of hydrogen-bond acceptors (Lipinski definition) is 3. The first-order valence-corrected chi connectivity index (χ1v) is 7.53. The van der Waals surface area contributed by atoms with Crippen LogP contribution in [0.15, 0.2) is 12.1 Å². The van der Waals surface area contributed by atoms with Crippen molar-refractivity contribution in [3.05, 3.63) is 35.1 Å². The molecule has 0 aromatic heterocycles. The van der Waals surface area contributed by atoms with Crippen molar-refractivity contribution in [3.63, 3.8) is 0 Å². The summed E-state index contributed by atoms with van der Waals surface area (Å²) in [7, 11) is 1.59. The SMILES string of the molecule is CO[C@H]1C[C@@H](O)C12CCN(C(=O)c1cc(F)c(F)cc1F)CC2. The third-order valence-electron chi connectivity index (χ3n) is 5.25. The first-order chi connectivity index (χ1) is 10.9. The minimum atomic E-state index is -1.32. The molecule has 1 aliphatic heterocycles. The van der Waals surface area contributed by atoms with Gasteiger partial charge in [-0.15, -0.1) is 0 Å². The highest BCUT2D eigenvalue weighted by Gasteiger charge is 2.56. The van der Waals surface area contributed by atoms with Crippen LogP contribution in [0.3, 0.4) is 0 Å². The first kappa shape index (κ1) is 16.3. The molecule has 2 atom stereocenters. The number of aliphatic hydroxyl groups is 1. The number of nitrogens with zero attached hydrogens (tertiary/aromatic N) is 1. The molecule has 126 valence electrons. The highest BCUT2D eigenvalue weighted by molar-refractivity contribution is 5.94. The fourth-order valence-corrected chi connectivity index (χ4v) is 3.70. The van der Waals surface area contributed by atoms with Gasteiger partial charge in [0, 0.05) is 38.1 Å². The quantitative estimate of drug-likeness (QED) is 0.846. The Balaban J connectivity index is 1.73. The lowest BCUT2D eigenvalue weighted by molar-refractivity contribution is -0.199. The van der Waals surface area contributed by atoms with Crippen LogP contribution < -0.4 is 0 Å². The van der Waals surface area contributed by atoms with Crippen LogP contribution >= 0.6 is 0 Å². The lowest BCUT2D eigenvalue weighted by atomic mass is 9.58. The molecule has 1 amide bonds. The summed E-state index contributed by atoms with van der Waals surface area (Å²) in [4.78, 5) is 13.7. The molecule has 1 saturated carbocycles. The molecule has 1 N–H and O–H groups in total. The molecule has 0 radical (unpaired) electrons. The van der Waals surface area contributed by atoms with Crippen molar-refractivity contribution in [2.24, 2.45) is 5.41 Å². The lowest BCUT2D eigenvalue weighted by Gasteiger charge is -2.56. The number of rotatable bonds is 2.